The van der Waals surface area contributed by atoms with E-state index in [9.17, 15) is 4.79 Å². The molecule has 0 saturated carbocycles. The standard InChI is InChI=1S/C8H8N2O2S/c1-2-3-6-10-7(8(11)12)5(4-9)13-6/h2-3H2,1H3,(H,11,12). The number of aromatic carboxylic acids is 1. The van der Waals surface area contributed by atoms with Crippen LogP contribution in [0.1, 0.15) is 33.7 Å². The molecule has 4 nitrogen and oxygen atoms in total. The second-order valence-corrected chi connectivity index (χ2v) is 3.54. The average Bonchev–Trinajstić information content (AvgIpc) is 2.48. The van der Waals surface area contributed by atoms with Gasteiger partial charge in [-0.15, -0.1) is 11.3 Å². The van der Waals surface area contributed by atoms with E-state index in [1.807, 2.05) is 13.0 Å². The number of rotatable bonds is 3. The highest BCUT2D eigenvalue weighted by atomic mass is 32.1. The smallest absolute Gasteiger partial charge is 0.356 e. The Labute approximate surface area is 79.5 Å². The summed E-state index contributed by atoms with van der Waals surface area (Å²) in [7, 11) is 0. The first-order valence-electron chi connectivity index (χ1n) is 3.82. The lowest BCUT2D eigenvalue weighted by molar-refractivity contribution is 0.0691. The van der Waals surface area contributed by atoms with E-state index >= 15 is 0 Å². The fourth-order valence-corrected chi connectivity index (χ4v) is 1.86. The number of hydrogen-bond donors (Lipinski definition) is 1. The summed E-state index contributed by atoms with van der Waals surface area (Å²) in [6.45, 7) is 1.98. The van der Waals surface area contributed by atoms with E-state index in [1.54, 1.807) is 0 Å². The monoisotopic (exact) mass is 196 g/mol. The van der Waals surface area contributed by atoms with E-state index in [-0.39, 0.29) is 10.6 Å². The molecule has 13 heavy (non-hydrogen) atoms. The SMILES string of the molecule is CCCc1nc(C(=O)O)c(C#N)s1. The van der Waals surface area contributed by atoms with Gasteiger partial charge in [0.1, 0.15) is 10.9 Å². The minimum Gasteiger partial charge on any atom is -0.476 e. The van der Waals surface area contributed by atoms with Gasteiger partial charge in [-0.25, -0.2) is 9.78 Å². The van der Waals surface area contributed by atoms with Crippen LogP contribution in [0.2, 0.25) is 0 Å². The lowest BCUT2D eigenvalue weighted by Gasteiger charge is -1.86. The second kappa shape index (κ2) is 4.01. The first-order chi connectivity index (χ1) is 6.19. The van der Waals surface area contributed by atoms with E-state index in [0.717, 1.165) is 29.2 Å². The number of nitrogens with zero attached hydrogens (tertiary/aromatic N) is 2. The number of thiazole rings is 1. The quantitative estimate of drug-likeness (QED) is 0.797. The Morgan fingerprint density at radius 1 is 1.77 bits per heavy atom. The Kier molecular flexibility index (Phi) is 2.98. The second-order valence-electron chi connectivity index (χ2n) is 2.45. The third-order valence-electron chi connectivity index (χ3n) is 1.44. The number of carbonyl (C=O) groups is 1. The molecule has 0 aliphatic heterocycles. The van der Waals surface area contributed by atoms with Crippen LogP contribution in [-0.2, 0) is 6.42 Å². The zero-order valence-electron chi connectivity index (χ0n) is 7.07. The van der Waals surface area contributed by atoms with Crippen molar-refractivity contribution in [3.63, 3.8) is 0 Å². The van der Waals surface area contributed by atoms with Crippen molar-refractivity contribution in [1.29, 1.82) is 5.26 Å². The molecule has 1 aromatic heterocycles. The maximum absolute atomic E-state index is 10.6. The van der Waals surface area contributed by atoms with Crippen molar-refractivity contribution in [3.8, 4) is 6.07 Å². The van der Waals surface area contributed by atoms with Gasteiger partial charge in [0.25, 0.3) is 0 Å². The number of carboxylic acids is 1. The Hall–Kier alpha value is -1.41. The van der Waals surface area contributed by atoms with E-state index in [4.69, 9.17) is 10.4 Å². The van der Waals surface area contributed by atoms with Crippen LogP contribution in [0.15, 0.2) is 0 Å². The zero-order chi connectivity index (χ0) is 9.84. The molecule has 68 valence electrons. The molecule has 0 amide bonds. The van der Waals surface area contributed by atoms with Gasteiger partial charge in [0.05, 0.1) is 5.01 Å². The maximum Gasteiger partial charge on any atom is 0.356 e. The Morgan fingerprint density at radius 3 is 2.85 bits per heavy atom. The summed E-state index contributed by atoms with van der Waals surface area (Å²) in [5.74, 6) is -1.13. The molecule has 0 fully saturated rings. The summed E-state index contributed by atoms with van der Waals surface area (Å²) in [4.78, 5) is 14.6. The number of hydrogen-bond acceptors (Lipinski definition) is 4. The van der Waals surface area contributed by atoms with Crippen molar-refractivity contribution in [2.75, 3.05) is 0 Å². The molecule has 0 aliphatic rings. The average molecular weight is 196 g/mol. The number of aromatic nitrogens is 1. The molecule has 1 rings (SSSR count). The van der Waals surface area contributed by atoms with Gasteiger partial charge in [0.15, 0.2) is 5.69 Å². The van der Waals surface area contributed by atoms with Crippen LogP contribution in [0.4, 0.5) is 0 Å². The van der Waals surface area contributed by atoms with Crippen LogP contribution in [0.25, 0.3) is 0 Å². The highest BCUT2D eigenvalue weighted by Gasteiger charge is 2.16. The van der Waals surface area contributed by atoms with Crippen LogP contribution in [0, 0.1) is 11.3 Å². The molecule has 0 aliphatic carbocycles. The van der Waals surface area contributed by atoms with Crippen molar-refractivity contribution in [2.24, 2.45) is 0 Å². The van der Waals surface area contributed by atoms with E-state index in [1.165, 1.54) is 0 Å². The lowest BCUT2D eigenvalue weighted by Crippen LogP contribution is -1.99. The van der Waals surface area contributed by atoms with Crippen LogP contribution >= 0.6 is 11.3 Å². The molecule has 0 aromatic carbocycles. The van der Waals surface area contributed by atoms with E-state index in [2.05, 4.69) is 4.98 Å². The molecule has 0 unspecified atom stereocenters. The minimum atomic E-state index is -1.13. The predicted octanol–water partition coefficient (Wildman–Crippen LogP) is 1.67. The Balaban J connectivity index is 3.06. The van der Waals surface area contributed by atoms with Crippen molar-refractivity contribution in [2.45, 2.75) is 19.8 Å². The number of carboxylic acid groups (broad SMARTS) is 1. The summed E-state index contributed by atoms with van der Waals surface area (Å²) < 4.78 is 0. The normalized spacial score (nSPS) is 9.54. The van der Waals surface area contributed by atoms with Crippen molar-refractivity contribution in [3.05, 3.63) is 15.6 Å². The summed E-state index contributed by atoms with van der Waals surface area (Å²) in [5, 5.41) is 18.0. The minimum absolute atomic E-state index is 0.115. The molecule has 1 heterocycles. The maximum atomic E-state index is 10.6. The molecule has 1 aromatic rings. The number of nitriles is 1. The fraction of sp³-hybridized carbons (Fsp3) is 0.375. The molecule has 0 radical (unpaired) electrons. The Bertz CT molecular complexity index is 365. The molecule has 5 heteroatoms. The Morgan fingerprint density at radius 2 is 2.46 bits per heavy atom. The van der Waals surface area contributed by atoms with Gasteiger partial charge < -0.3 is 5.11 Å². The third-order valence-corrected chi connectivity index (χ3v) is 2.46. The van der Waals surface area contributed by atoms with Gasteiger partial charge in [-0.05, 0) is 12.8 Å². The summed E-state index contributed by atoms with van der Waals surface area (Å²) in [6.07, 6.45) is 1.63. The molecule has 1 N–H and O–H groups in total. The largest absolute Gasteiger partial charge is 0.476 e. The predicted molar refractivity (Wildman–Crippen MR) is 47.8 cm³/mol. The van der Waals surface area contributed by atoms with Crippen LogP contribution < -0.4 is 0 Å². The van der Waals surface area contributed by atoms with Crippen LogP contribution in [0.3, 0.4) is 0 Å². The zero-order valence-corrected chi connectivity index (χ0v) is 7.89. The van der Waals surface area contributed by atoms with E-state index in [0.29, 0.717) is 0 Å². The topological polar surface area (TPSA) is 74.0 Å². The first kappa shape index (κ1) is 9.68. The van der Waals surface area contributed by atoms with Crippen molar-refractivity contribution >= 4 is 17.3 Å². The molecule has 0 bridgehead atoms. The van der Waals surface area contributed by atoms with Crippen LogP contribution in [-0.4, -0.2) is 16.1 Å². The van der Waals surface area contributed by atoms with Gasteiger partial charge in [-0.3, -0.25) is 0 Å². The van der Waals surface area contributed by atoms with Gasteiger partial charge in [-0.2, -0.15) is 5.26 Å². The summed E-state index contributed by atoms with van der Waals surface area (Å²) in [5.41, 5.74) is -0.115. The van der Waals surface area contributed by atoms with Crippen molar-refractivity contribution < 1.29 is 9.90 Å². The number of aryl methyl sites for hydroxylation is 1. The fourth-order valence-electron chi connectivity index (χ4n) is 0.906. The molecule has 0 spiro atoms. The third kappa shape index (κ3) is 2.04. The van der Waals surface area contributed by atoms with Crippen LogP contribution in [0.5, 0.6) is 0 Å². The molecule has 0 atom stereocenters. The van der Waals surface area contributed by atoms with Crippen molar-refractivity contribution in [1.82, 2.24) is 4.98 Å². The van der Waals surface area contributed by atoms with Gasteiger partial charge in [0, 0.05) is 0 Å². The van der Waals surface area contributed by atoms with Gasteiger partial charge >= 0.3 is 5.97 Å². The molecular formula is C8H8N2O2S. The first-order valence-corrected chi connectivity index (χ1v) is 4.63. The molecule has 0 saturated heterocycles. The molecular weight excluding hydrogens is 188 g/mol. The van der Waals surface area contributed by atoms with Gasteiger partial charge in [-0.1, -0.05) is 6.92 Å². The highest BCUT2D eigenvalue weighted by molar-refractivity contribution is 7.12. The highest BCUT2D eigenvalue weighted by Crippen LogP contribution is 2.18. The van der Waals surface area contributed by atoms with Gasteiger partial charge in [0.2, 0.25) is 0 Å². The lowest BCUT2D eigenvalue weighted by atomic mass is 10.3. The van der Waals surface area contributed by atoms with E-state index < -0.39 is 5.97 Å². The summed E-state index contributed by atoms with van der Waals surface area (Å²) >= 11 is 1.16. The summed E-state index contributed by atoms with van der Waals surface area (Å²) in [6, 6.07) is 1.83.